The van der Waals surface area contributed by atoms with Gasteiger partial charge in [-0.25, -0.2) is 0 Å². The Balaban J connectivity index is 2.36. The van der Waals surface area contributed by atoms with E-state index in [-0.39, 0.29) is 5.91 Å². The van der Waals surface area contributed by atoms with Crippen molar-refractivity contribution in [1.29, 1.82) is 0 Å². The van der Waals surface area contributed by atoms with Crippen LogP contribution in [0.5, 0.6) is 0 Å². The molecule has 0 radical (unpaired) electrons. The Morgan fingerprint density at radius 1 is 1.14 bits per heavy atom. The lowest BCUT2D eigenvalue weighted by molar-refractivity contribution is -0.130. The normalized spacial score (nSPS) is 12.1. The molecule has 5 heteroatoms. The zero-order valence-corrected chi connectivity index (χ0v) is 13.8. The van der Waals surface area contributed by atoms with Crippen molar-refractivity contribution in [3.63, 3.8) is 0 Å². The van der Waals surface area contributed by atoms with Crippen LogP contribution in [0.1, 0.15) is 37.7 Å². The van der Waals surface area contributed by atoms with Crippen molar-refractivity contribution in [3.05, 3.63) is 29.8 Å². The largest absolute Gasteiger partial charge is 0.341 e. The summed E-state index contributed by atoms with van der Waals surface area (Å²) in [5.74, 6) is 0.172. The van der Waals surface area contributed by atoms with Crippen molar-refractivity contribution < 1.29 is 9.00 Å². The van der Waals surface area contributed by atoms with Crippen LogP contribution in [0.15, 0.2) is 29.2 Å². The molecule has 1 aromatic rings. The summed E-state index contributed by atoms with van der Waals surface area (Å²) in [7, 11) is 0.872. The average Bonchev–Trinajstić information content (AvgIpc) is 2.47. The molecule has 0 aliphatic carbocycles. The molecule has 1 unspecified atom stereocenters. The molecule has 0 aromatic heterocycles. The molecule has 1 atom stereocenters. The highest BCUT2D eigenvalue weighted by Gasteiger charge is 2.09. The Morgan fingerprint density at radius 3 is 2.33 bits per heavy atom. The summed E-state index contributed by atoms with van der Waals surface area (Å²) in [5, 5.41) is 0. The lowest BCUT2D eigenvalue weighted by Gasteiger charge is -2.17. The molecule has 0 saturated heterocycles. The number of rotatable bonds is 9. The van der Waals surface area contributed by atoms with Crippen LogP contribution < -0.4 is 5.73 Å². The molecule has 0 heterocycles. The van der Waals surface area contributed by atoms with Gasteiger partial charge in [0, 0.05) is 42.0 Å². The van der Waals surface area contributed by atoms with Crippen molar-refractivity contribution in [2.45, 2.75) is 43.5 Å². The summed E-state index contributed by atoms with van der Waals surface area (Å²) < 4.78 is 11.3. The maximum Gasteiger partial charge on any atom is 0.222 e. The van der Waals surface area contributed by atoms with Gasteiger partial charge in [0.25, 0.3) is 0 Å². The molecule has 2 N–H and O–H groups in total. The first-order valence-electron chi connectivity index (χ1n) is 7.41. The van der Waals surface area contributed by atoms with E-state index in [2.05, 4.69) is 0 Å². The molecule has 0 spiro atoms. The standard InChI is InChI=1S/C16H26N2O2S/c1-18(16(19)7-5-3-4-6-12-17)13-14-8-10-15(11-9-14)21(2)20/h8-11H,3-7,12-13,17H2,1-2H3. The second-order valence-electron chi connectivity index (χ2n) is 5.30. The third-order valence-electron chi connectivity index (χ3n) is 3.45. The number of benzene rings is 1. The summed E-state index contributed by atoms with van der Waals surface area (Å²) in [6, 6.07) is 7.58. The fourth-order valence-electron chi connectivity index (χ4n) is 2.11. The second kappa shape index (κ2) is 9.68. The van der Waals surface area contributed by atoms with Crippen molar-refractivity contribution in [2.75, 3.05) is 19.8 Å². The van der Waals surface area contributed by atoms with Crippen LogP contribution in [0.2, 0.25) is 0 Å². The number of hydrogen-bond donors (Lipinski definition) is 1. The lowest BCUT2D eigenvalue weighted by Crippen LogP contribution is -2.25. The Bertz CT molecular complexity index is 460. The van der Waals surface area contributed by atoms with Gasteiger partial charge in [0.15, 0.2) is 0 Å². The van der Waals surface area contributed by atoms with Crippen molar-refractivity contribution in [3.8, 4) is 0 Å². The summed E-state index contributed by atoms with van der Waals surface area (Å²) in [4.78, 5) is 14.6. The third kappa shape index (κ3) is 6.87. The molecule has 118 valence electrons. The predicted octanol–water partition coefficient (Wildman–Crippen LogP) is 2.29. The molecule has 0 fully saturated rings. The Morgan fingerprint density at radius 2 is 1.76 bits per heavy atom. The molecule has 4 nitrogen and oxygen atoms in total. The zero-order chi connectivity index (χ0) is 15.7. The molecule has 0 aliphatic heterocycles. The Hall–Kier alpha value is -1.20. The van der Waals surface area contributed by atoms with Crippen LogP contribution in [0, 0.1) is 0 Å². The fraction of sp³-hybridized carbons (Fsp3) is 0.562. The van der Waals surface area contributed by atoms with Gasteiger partial charge >= 0.3 is 0 Å². The monoisotopic (exact) mass is 310 g/mol. The van der Waals surface area contributed by atoms with Gasteiger partial charge in [-0.2, -0.15) is 0 Å². The van der Waals surface area contributed by atoms with Crippen molar-refractivity contribution in [1.82, 2.24) is 4.90 Å². The highest BCUT2D eigenvalue weighted by molar-refractivity contribution is 7.84. The molecule has 0 bridgehead atoms. The molecule has 1 amide bonds. The summed E-state index contributed by atoms with van der Waals surface area (Å²) >= 11 is 0. The number of amides is 1. The van der Waals surface area contributed by atoms with Crippen molar-refractivity contribution >= 4 is 16.7 Å². The quantitative estimate of drug-likeness (QED) is 0.712. The molecule has 21 heavy (non-hydrogen) atoms. The molecule has 1 aromatic carbocycles. The number of hydrogen-bond acceptors (Lipinski definition) is 3. The molecular weight excluding hydrogens is 284 g/mol. The SMILES string of the molecule is CN(Cc1ccc(S(C)=O)cc1)C(=O)CCCCCCN. The average molecular weight is 310 g/mol. The topological polar surface area (TPSA) is 63.4 Å². The first-order valence-corrected chi connectivity index (χ1v) is 8.97. The van der Waals surface area contributed by atoms with E-state index in [9.17, 15) is 9.00 Å². The summed E-state index contributed by atoms with van der Waals surface area (Å²) in [5.41, 5.74) is 6.50. The first kappa shape index (κ1) is 17.9. The maximum atomic E-state index is 12.0. The number of nitrogens with two attached hydrogens (primary N) is 1. The maximum absolute atomic E-state index is 12.0. The number of unbranched alkanes of at least 4 members (excludes halogenated alkanes) is 3. The van der Waals surface area contributed by atoms with Gasteiger partial charge in [0.05, 0.1) is 0 Å². The van der Waals surface area contributed by atoms with Crippen LogP contribution >= 0.6 is 0 Å². The van der Waals surface area contributed by atoms with Crippen LogP contribution in [0.25, 0.3) is 0 Å². The van der Waals surface area contributed by atoms with Gasteiger partial charge in [-0.15, -0.1) is 0 Å². The summed E-state index contributed by atoms with van der Waals surface area (Å²) in [6.45, 7) is 1.32. The van der Waals surface area contributed by atoms with E-state index in [1.54, 1.807) is 11.2 Å². The zero-order valence-electron chi connectivity index (χ0n) is 13.0. The van der Waals surface area contributed by atoms with Crippen molar-refractivity contribution in [2.24, 2.45) is 5.73 Å². The van der Waals surface area contributed by atoms with E-state index in [0.29, 0.717) is 13.0 Å². The fourth-order valence-corrected chi connectivity index (χ4v) is 2.63. The minimum absolute atomic E-state index is 0.172. The van der Waals surface area contributed by atoms with Crippen LogP contribution in [0.4, 0.5) is 0 Å². The lowest BCUT2D eigenvalue weighted by atomic mass is 10.1. The number of carbonyl (C=O) groups excluding carboxylic acids is 1. The van der Waals surface area contributed by atoms with Gasteiger partial charge in [-0.05, 0) is 37.1 Å². The van der Waals surface area contributed by atoms with E-state index < -0.39 is 10.8 Å². The minimum Gasteiger partial charge on any atom is -0.341 e. The number of nitrogens with zero attached hydrogens (tertiary/aromatic N) is 1. The van der Waals surface area contributed by atoms with Crippen LogP contribution in [-0.2, 0) is 22.1 Å². The molecular formula is C16H26N2O2S. The van der Waals surface area contributed by atoms with E-state index in [1.807, 2.05) is 31.3 Å². The highest BCUT2D eigenvalue weighted by atomic mass is 32.2. The second-order valence-corrected chi connectivity index (χ2v) is 6.68. The highest BCUT2D eigenvalue weighted by Crippen LogP contribution is 2.11. The van der Waals surface area contributed by atoms with Gasteiger partial charge in [0.1, 0.15) is 0 Å². The van der Waals surface area contributed by atoms with Crippen LogP contribution in [-0.4, -0.2) is 34.9 Å². The Kier molecular flexibility index (Phi) is 8.23. The van der Waals surface area contributed by atoms with Gasteiger partial charge in [-0.3, -0.25) is 9.00 Å². The first-order chi connectivity index (χ1) is 10.0. The Labute approximate surface area is 130 Å². The molecule has 0 saturated carbocycles. The van der Waals surface area contributed by atoms with E-state index >= 15 is 0 Å². The van der Waals surface area contributed by atoms with E-state index in [1.165, 1.54) is 0 Å². The minimum atomic E-state index is -0.955. The molecule has 1 rings (SSSR count). The number of carbonyl (C=O) groups is 1. The smallest absolute Gasteiger partial charge is 0.222 e. The van der Waals surface area contributed by atoms with Gasteiger partial charge in [-0.1, -0.05) is 25.0 Å². The van der Waals surface area contributed by atoms with E-state index in [4.69, 9.17) is 5.73 Å². The molecule has 0 aliphatic rings. The van der Waals surface area contributed by atoms with E-state index in [0.717, 1.165) is 42.7 Å². The van der Waals surface area contributed by atoms with Gasteiger partial charge < -0.3 is 10.6 Å². The van der Waals surface area contributed by atoms with Gasteiger partial charge in [0.2, 0.25) is 5.91 Å². The third-order valence-corrected chi connectivity index (χ3v) is 4.38. The predicted molar refractivity (Wildman–Crippen MR) is 87.4 cm³/mol. The summed E-state index contributed by atoms with van der Waals surface area (Å²) in [6.07, 6.45) is 6.39. The van der Waals surface area contributed by atoms with Crippen LogP contribution in [0.3, 0.4) is 0 Å².